The Labute approximate surface area is 176 Å². The van der Waals surface area contributed by atoms with Gasteiger partial charge in [0.2, 0.25) is 0 Å². The van der Waals surface area contributed by atoms with Crippen LogP contribution in [0.3, 0.4) is 0 Å². The summed E-state index contributed by atoms with van der Waals surface area (Å²) in [5.74, 6) is -1.85. The number of hydrogen-bond acceptors (Lipinski definition) is 4. The van der Waals surface area contributed by atoms with Crippen LogP contribution in [0.15, 0.2) is 54.6 Å². The lowest BCUT2D eigenvalue weighted by Crippen LogP contribution is -2.53. The lowest BCUT2D eigenvalue weighted by molar-refractivity contribution is -0.137. The summed E-state index contributed by atoms with van der Waals surface area (Å²) in [4.78, 5) is 38.2. The van der Waals surface area contributed by atoms with Gasteiger partial charge in [-0.25, -0.2) is 4.79 Å². The van der Waals surface area contributed by atoms with Crippen LogP contribution in [-0.4, -0.2) is 35.7 Å². The topological polar surface area (TPSA) is 95.9 Å². The van der Waals surface area contributed by atoms with Crippen molar-refractivity contribution < 1.29 is 24.2 Å². The van der Waals surface area contributed by atoms with E-state index in [1.54, 1.807) is 24.3 Å². The molecule has 0 aliphatic rings. The molecule has 2 aromatic carbocycles. The molecule has 0 fully saturated rings. The predicted octanol–water partition coefficient (Wildman–Crippen LogP) is 3.75. The fourth-order valence-corrected chi connectivity index (χ4v) is 2.90. The van der Waals surface area contributed by atoms with Crippen LogP contribution in [0.5, 0.6) is 0 Å². The van der Waals surface area contributed by atoms with E-state index >= 15 is 0 Å². The smallest absolute Gasteiger partial charge is 0.408 e. The molecule has 0 radical (unpaired) electrons. The number of anilines is 1. The van der Waals surface area contributed by atoms with Gasteiger partial charge >= 0.3 is 12.1 Å². The Bertz CT molecular complexity index is 852. The Balaban J connectivity index is 2.17. The third-order valence-corrected chi connectivity index (χ3v) is 4.87. The molecule has 30 heavy (non-hydrogen) atoms. The second kappa shape index (κ2) is 11.0. The van der Waals surface area contributed by atoms with Gasteiger partial charge in [0.1, 0.15) is 19.2 Å². The summed E-state index contributed by atoms with van der Waals surface area (Å²) in [5, 5.41) is 11.9. The average Bonchev–Trinajstić information content (AvgIpc) is 2.74. The van der Waals surface area contributed by atoms with Gasteiger partial charge in [0.25, 0.3) is 5.91 Å². The standard InChI is InChI=1S/C23H28N2O5/c1-4-17(3)21(24-23(29)30-15-18-8-6-5-7-9-18)22(28)25(14-20(26)27)19-12-10-16(2)11-13-19/h5-13,17,21H,4,14-15H2,1-3H3,(H,24,29)(H,26,27)/t17-,21-/m0/s1. The molecule has 160 valence electrons. The molecule has 7 heteroatoms. The molecule has 0 heterocycles. The molecule has 0 aliphatic heterocycles. The average molecular weight is 412 g/mol. The maximum atomic E-state index is 13.3. The molecular weight excluding hydrogens is 384 g/mol. The Hall–Kier alpha value is -3.35. The van der Waals surface area contributed by atoms with Gasteiger partial charge in [-0.3, -0.25) is 14.5 Å². The van der Waals surface area contributed by atoms with E-state index in [1.807, 2.05) is 51.1 Å². The Kier molecular flexibility index (Phi) is 8.41. The summed E-state index contributed by atoms with van der Waals surface area (Å²) < 4.78 is 5.25. The largest absolute Gasteiger partial charge is 0.480 e. The van der Waals surface area contributed by atoms with E-state index in [4.69, 9.17) is 4.74 Å². The fraction of sp³-hybridized carbons (Fsp3) is 0.348. The van der Waals surface area contributed by atoms with Crippen molar-refractivity contribution in [2.45, 2.75) is 39.8 Å². The molecule has 2 rings (SSSR count). The Morgan fingerprint density at radius 3 is 2.27 bits per heavy atom. The minimum absolute atomic E-state index is 0.0743. The summed E-state index contributed by atoms with van der Waals surface area (Å²) in [5.41, 5.74) is 2.27. The molecule has 7 nitrogen and oxygen atoms in total. The SMILES string of the molecule is CC[C@H](C)[C@H](NC(=O)OCc1ccccc1)C(=O)N(CC(=O)O)c1ccc(C)cc1. The molecular formula is C23H28N2O5. The fourth-order valence-electron chi connectivity index (χ4n) is 2.90. The number of nitrogens with one attached hydrogen (secondary N) is 1. The van der Waals surface area contributed by atoms with Gasteiger partial charge < -0.3 is 15.2 Å². The number of ether oxygens (including phenoxy) is 1. The highest BCUT2D eigenvalue weighted by molar-refractivity contribution is 6.01. The van der Waals surface area contributed by atoms with E-state index in [1.165, 1.54) is 4.90 Å². The van der Waals surface area contributed by atoms with E-state index in [2.05, 4.69) is 5.32 Å². The molecule has 2 atom stereocenters. The number of alkyl carbamates (subject to hydrolysis) is 1. The number of rotatable bonds is 9. The molecule has 0 aliphatic carbocycles. The zero-order chi connectivity index (χ0) is 22.1. The molecule has 0 saturated heterocycles. The van der Waals surface area contributed by atoms with Crippen LogP contribution in [0, 0.1) is 12.8 Å². The summed E-state index contributed by atoms with van der Waals surface area (Å²) in [6, 6.07) is 15.3. The lowest BCUT2D eigenvalue weighted by Gasteiger charge is -2.29. The summed E-state index contributed by atoms with van der Waals surface area (Å²) >= 11 is 0. The zero-order valence-electron chi connectivity index (χ0n) is 17.5. The summed E-state index contributed by atoms with van der Waals surface area (Å²) in [6.45, 7) is 5.20. The van der Waals surface area contributed by atoms with Crippen molar-refractivity contribution in [2.24, 2.45) is 5.92 Å². The third-order valence-electron chi connectivity index (χ3n) is 4.87. The third kappa shape index (κ3) is 6.62. The number of hydrogen-bond donors (Lipinski definition) is 2. The maximum absolute atomic E-state index is 13.3. The highest BCUT2D eigenvalue weighted by Crippen LogP contribution is 2.19. The van der Waals surface area contributed by atoms with Crippen LogP contribution in [-0.2, 0) is 20.9 Å². The van der Waals surface area contributed by atoms with Crippen molar-refractivity contribution >= 4 is 23.7 Å². The monoisotopic (exact) mass is 412 g/mol. The van der Waals surface area contributed by atoms with Crippen LogP contribution >= 0.6 is 0 Å². The number of aryl methyl sites for hydroxylation is 1. The number of carbonyl (C=O) groups excluding carboxylic acids is 2. The van der Waals surface area contributed by atoms with Crippen LogP contribution in [0.2, 0.25) is 0 Å². The van der Waals surface area contributed by atoms with Crippen molar-refractivity contribution in [3.8, 4) is 0 Å². The van der Waals surface area contributed by atoms with Gasteiger partial charge in [-0.05, 0) is 30.5 Å². The lowest BCUT2D eigenvalue weighted by atomic mass is 9.97. The zero-order valence-corrected chi connectivity index (χ0v) is 17.5. The molecule has 2 N–H and O–H groups in total. The Morgan fingerprint density at radius 1 is 1.07 bits per heavy atom. The molecule has 0 spiro atoms. The first kappa shape index (κ1) is 22.9. The molecule has 0 bridgehead atoms. The molecule has 2 aromatic rings. The number of nitrogens with zero attached hydrogens (tertiary/aromatic N) is 1. The van der Waals surface area contributed by atoms with Gasteiger partial charge in [0.15, 0.2) is 0 Å². The van der Waals surface area contributed by atoms with Gasteiger partial charge in [-0.15, -0.1) is 0 Å². The first-order valence-electron chi connectivity index (χ1n) is 9.88. The second-order valence-corrected chi connectivity index (χ2v) is 7.22. The summed E-state index contributed by atoms with van der Waals surface area (Å²) in [6.07, 6.45) is -0.110. The number of carboxylic acid groups (broad SMARTS) is 1. The van der Waals surface area contributed by atoms with Crippen LogP contribution in [0.1, 0.15) is 31.4 Å². The summed E-state index contributed by atoms with van der Waals surface area (Å²) in [7, 11) is 0. The van der Waals surface area contributed by atoms with Crippen molar-refractivity contribution in [1.29, 1.82) is 0 Å². The normalized spacial score (nSPS) is 12.5. The molecule has 0 saturated carbocycles. The number of carboxylic acids is 1. The minimum Gasteiger partial charge on any atom is -0.480 e. The molecule has 2 amide bonds. The number of aliphatic carboxylic acids is 1. The van der Waals surface area contributed by atoms with Crippen molar-refractivity contribution in [1.82, 2.24) is 5.32 Å². The highest BCUT2D eigenvalue weighted by atomic mass is 16.5. The molecule has 0 unspecified atom stereocenters. The van der Waals surface area contributed by atoms with E-state index in [0.717, 1.165) is 11.1 Å². The van der Waals surface area contributed by atoms with E-state index in [9.17, 15) is 19.5 Å². The van der Waals surface area contributed by atoms with E-state index in [0.29, 0.717) is 12.1 Å². The van der Waals surface area contributed by atoms with Crippen molar-refractivity contribution in [3.63, 3.8) is 0 Å². The van der Waals surface area contributed by atoms with Crippen LogP contribution in [0.4, 0.5) is 10.5 Å². The second-order valence-electron chi connectivity index (χ2n) is 7.22. The molecule has 0 aromatic heterocycles. The first-order valence-corrected chi connectivity index (χ1v) is 9.88. The maximum Gasteiger partial charge on any atom is 0.408 e. The Morgan fingerprint density at radius 2 is 1.70 bits per heavy atom. The minimum atomic E-state index is -1.14. The quantitative estimate of drug-likeness (QED) is 0.654. The van der Waals surface area contributed by atoms with Crippen molar-refractivity contribution in [2.75, 3.05) is 11.4 Å². The first-order chi connectivity index (χ1) is 14.3. The van der Waals surface area contributed by atoms with Gasteiger partial charge in [-0.2, -0.15) is 0 Å². The van der Waals surface area contributed by atoms with Gasteiger partial charge in [-0.1, -0.05) is 68.3 Å². The number of benzene rings is 2. The number of carbonyl (C=O) groups is 3. The van der Waals surface area contributed by atoms with Crippen molar-refractivity contribution in [3.05, 3.63) is 65.7 Å². The van der Waals surface area contributed by atoms with E-state index in [-0.39, 0.29) is 12.5 Å². The highest BCUT2D eigenvalue weighted by Gasteiger charge is 2.32. The van der Waals surface area contributed by atoms with E-state index < -0.39 is 30.6 Å². The van der Waals surface area contributed by atoms with Crippen LogP contribution < -0.4 is 10.2 Å². The predicted molar refractivity (Wildman–Crippen MR) is 114 cm³/mol. The van der Waals surface area contributed by atoms with Gasteiger partial charge in [0, 0.05) is 5.69 Å². The van der Waals surface area contributed by atoms with Gasteiger partial charge in [0.05, 0.1) is 0 Å². The van der Waals surface area contributed by atoms with Crippen LogP contribution in [0.25, 0.3) is 0 Å². The number of amides is 2.